The number of epoxide rings is 1. The Morgan fingerprint density at radius 2 is 1.74 bits per heavy atom. The third-order valence-corrected chi connectivity index (χ3v) is 12.3. The molecule has 0 aromatic rings. The first kappa shape index (κ1) is 24.0. The maximum absolute atomic E-state index is 11.1. The molecular weight excluding hydrogens is 420 g/mol. The monoisotopic (exact) mass is 470 g/mol. The van der Waals surface area contributed by atoms with Crippen molar-refractivity contribution in [2.75, 3.05) is 0 Å². The molecule has 3 nitrogen and oxygen atoms in total. The van der Waals surface area contributed by atoms with E-state index in [1.54, 1.807) is 5.57 Å². The highest BCUT2D eigenvalue weighted by Gasteiger charge is 2.66. The number of rotatable bonds is 4. The van der Waals surface area contributed by atoms with E-state index in [-0.39, 0.29) is 17.1 Å². The molecule has 0 aromatic heterocycles. The summed E-state index contributed by atoms with van der Waals surface area (Å²) in [7, 11) is 0. The number of ether oxygens (including phenoxy) is 1. The molecule has 0 unspecified atom stereocenters. The molecule has 6 rings (SSSR count). The molecule has 0 bridgehead atoms. The van der Waals surface area contributed by atoms with Crippen molar-refractivity contribution in [2.24, 2.45) is 34.5 Å². The van der Waals surface area contributed by atoms with Crippen LogP contribution in [-0.4, -0.2) is 33.6 Å². The molecule has 192 valence electrons. The Morgan fingerprint density at radius 3 is 2.50 bits per heavy atom. The second-order valence-corrected chi connectivity index (χ2v) is 14.6. The summed E-state index contributed by atoms with van der Waals surface area (Å²) < 4.78 is 6.62. The van der Waals surface area contributed by atoms with Crippen LogP contribution >= 0.6 is 0 Å². The third kappa shape index (κ3) is 3.95. The molecule has 1 spiro atoms. The maximum Gasteiger partial charge on any atom is 0.0930 e. The first-order chi connectivity index (χ1) is 16.1. The van der Waals surface area contributed by atoms with Gasteiger partial charge in [0.1, 0.15) is 0 Å². The van der Waals surface area contributed by atoms with Crippen LogP contribution in [0, 0.1) is 34.5 Å². The van der Waals surface area contributed by atoms with Crippen molar-refractivity contribution in [3.63, 3.8) is 0 Å². The van der Waals surface area contributed by atoms with Crippen LogP contribution in [0.2, 0.25) is 0 Å². The summed E-state index contributed by atoms with van der Waals surface area (Å²) >= 11 is 0. The van der Waals surface area contributed by atoms with Crippen LogP contribution in [0.3, 0.4) is 0 Å². The van der Waals surface area contributed by atoms with Crippen molar-refractivity contribution in [1.82, 2.24) is 0 Å². The minimum absolute atomic E-state index is 0.0852. The van der Waals surface area contributed by atoms with E-state index in [1.807, 2.05) is 0 Å². The van der Waals surface area contributed by atoms with Crippen LogP contribution in [0.25, 0.3) is 0 Å². The zero-order valence-corrected chi connectivity index (χ0v) is 22.0. The van der Waals surface area contributed by atoms with Crippen molar-refractivity contribution < 1.29 is 14.9 Å². The molecule has 9 atom stereocenters. The van der Waals surface area contributed by atoms with Crippen molar-refractivity contribution >= 4 is 0 Å². The Hall–Kier alpha value is -0.380. The van der Waals surface area contributed by atoms with E-state index in [9.17, 15) is 10.2 Å². The van der Waals surface area contributed by atoms with E-state index >= 15 is 0 Å². The molecule has 0 aromatic carbocycles. The highest BCUT2D eigenvalue weighted by Crippen LogP contribution is 2.68. The van der Waals surface area contributed by atoms with Crippen molar-refractivity contribution in [3.05, 3.63) is 12.2 Å². The second-order valence-electron chi connectivity index (χ2n) is 14.6. The average Bonchev–Trinajstić information content (AvgIpc) is 3.15. The van der Waals surface area contributed by atoms with Gasteiger partial charge in [0.25, 0.3) is 0 Å². The van der Waals surface area contributed by atoms with Crippen molar-refractivity contribution in [1.29, 1.82) is 0 Å². The first-order valence-corrected chi connectivity index (χ1v) is 14.9. The minimum Gasteiger partial charge on any atom is -0.393 e. The predicted octanol–water partition coefficient (Wildman–Crippen LogP) is 6.95. The van der Waals surface area contributed by atoms with Gasteiger partial charge in [0.05, 0.1) is 23.4 Å². The van der Waals surface area contributed by atoms with Crippen LogP contribution in [0.5, 0.6) is 0 Å². The SMILES string of the molecule is C=C1C[C@@]2(CC[C@H](CC[C@@]3(O)CCC[C@H](O)C3)C2)[C@@H]2O[C@]2(C)CC[C@@H]2[C@@H]1C[C@]2(C)C1CCCC1. The lowest BCUT2D eigenvalue weighted by atomic mass is 9.46. The Bertz CT molecular complexity index is 802. The first-order valence-electron chi connectivity index (χ1n) is 14.9. The van der Waals surface area contributed by atoms with Gasteiger partial charge in [-0.2, -0.15) is 0 Å². The lowest BCUT2D eigenvalue weighted by Gasteiger charge is -2.58. The Kier molecular flexibility index (Phi) is 5.87. The lowest BCUT2D eigenvalue weighted by molar-refractivity contribution is -0.0683. The summed E-state index contributed by atoms with van der Waals surface area (Å²) in [4.78, 5) is 0. The van der Waals surface area contributed by atoms with Gasteiger partial charge in [-0.1, -0.05) is 31.9 Å². The topological polar surface area (TPSA) is 53.0 Å². The highest BCUT2D eigenvalue weighted by molar-refractivity contribution is 5.23. The zero-order chi connectivity index (χ0) is 23.8. The smallest absolute Gasteiger partial charge is 0.0930 e. The molecule has 1 saturated heterocycles. The second kappa shape index (κ2) is 8.32. The van der Waals surface area contributed by atoms with Gasteiger partial charge in [0.15, 0.2) is 0 Å². The summed E-state index contributed by atoms with van der Waals surface area (Å²) in [6.45, 7) is 9.80. The number of fused-ring (bicyclic) bond motifs is 3. The number of aliphatic hydroxyl groups is 2. The van der Waals surface area contributed by atoms with Crippen LogP contribution in [0.4, 0.5) is 0 Å². The van der Waals surface area contributed by atoms with E-state index in [0.717, 1.165) is 49.9 Å². The minimum atomic E-state index is -0.635. The molecule has 5 aliphatic carbocycles. The van der Waals surface area contributed by atoms with Crippen LogP contribution < -0.4 is 0 Å². The fraction of sp³-hybridized carbons (Fsp3) is 0.935. The molecule has 0 amide bonds. The van der Waals surface area contributed by atoms with Gasteiger partial charge in [0.2, 0.25) is 0 Å². The van der Waals surface area contributed by atoms with E-state index in [0.29, 0.717) is 23.9 Å². The maximum atomic E-state index is 11.1. The van der Waals surface area contributed by atoms with Gasteiger partial charge in [-0.3, -0.25) is 0 Å². The van der Waals surface area contributed by atoms with Crippen LogP contribution in [-0.2, 0) is 4.74 Å². The molecule has 1 heterocycles. The number of hydrogen-bond donors (Lipinski definition) is 2. The predicted molar refractivity (Wildman–Crippen MR) is 136 cm³/mol. The lowest BCUT2D eigenvalue weighted by Crippen LogP contribution is -2.51. The Morgan fingerprint density at radius 1 is 0.941 bits per heavy atom. The number of aliphatic hydroxyl groups excluding tert-OH is 1. The zero-order valence-electron chi connectivity index (χ0n) is 22.0. The van der Waals surface area contributed by atoms with E-state index in [4.69, 9.17) is 11.3 Å². The van der Waals surface area contributed by atoms with Gasteiger partial charge in [0, 0.05) is 11.8 Å². The van der Waals surface area contributed by atoms with Crippen LogP contribution in [0.15, 0.2) is 12.2 Å². The molecule has 2 N–H and O–H groups in total. The normalized spacial score (nSPS) is 53.5. The van der Waals surface area contributed by atoms with Gasteiger partial charge in [-0.25, -0.2) is 0 Å². The molecule has 3 heteroatoms. The molecule has 1 aliphatic heterocycles. The third-order valence-electron chi connectivity index (χ3n) is 12.3. The van der Waals surface area contributed by atoms with Gasteiger partial charge in [-0.05, 0) is 126 Å². The van der Waals surface area contributed by atoms with E-state index < -0.39 is 5.60 Å². The van der Waals surface area contributed by atoms with Crippen molar-refractivity contribution in [2.45, 2.75) is 146 Å². The molecule has 5 saturated carbocycles. The van der Waals surface area contributed by atoms with Crippen LogP contribution in [0.1, 0.15) is 123 Å². The number of allylic oxidation sites excluding steroid dienone is 1. The van der Waals surface area contributed by atoms with Crippen molar-refractivity contribution in [3.8, 4) is 0 Å². The summed E-state index contributed by atoms with van der Waals surface area (Å²) in [5.74, 6) is 3.20. The average molecular weight is 471 g/mol. The fourth-order valence-corrected chi connectivity index (χ4v) is 10.3. The molecular formula is C31H50O3. The summed E-state index contributed by atoms with van der Waals surface area (Å²) in [6.07, 6.45) is 20.1. The van der Waals surface area contributed by atoms with Gasteiger partial charge in [-0.15, -0.1) is 0 Å². The summed E-state index contributed by atoms with van der Waals surface area (Å²) in [6, 6.07) is 0. The van der Waals surface area contributed by atoms with E-state index in [2.05, 4.69) is 13.8 Å². The standard InChI is InChI=1S/C31H50O3/c1-21-17-30(15-10-22(18-30)11-16-31(33)13-6-9-24(32)19-31)27-29(3,34-27)14-12-26-25(21)20-28(26,2)23-7-4-5-8-23/h22-27,32-33H,1,4-20H2,2-3H3/t22-,24+,25-,26-,27-,28-,29-,30-,31+/m1/s1. The summed E-state index contributed by atoms with van der Waals surface area (Å²) in [5.41, 5.74) is 1.82. The fourth-order valence-electron chi connectivity index (χ4n) is 10.3. The van der Waals surface area contributed by atoms with Gasteiger partial charge < -0.3 is 14.9 Å². The molecule has 6 fully saturated rings. The summed E-state index contributed by atoms with van der Waals surface area (Å²) in [5, 5.41) is 21.2. The largest absolute Gasteiger partial charge is 0.393 e. The van der Waals surface area contributed by atoms with E-state index in [1.165, 1.54) is 70.6 Å². The molecule has 6 aliphatic rings. The Labute approximate surface area is 208 Å². The Balaban J connectivity index is 1.14. The quantitative estimate of drug-likeness (QED) is 0.345. The molecule has 34 heavy (non-hydrogen) atoms. The molecule has 0 radical (unpaired) electrons. The highest BCUT2D eigenvalue weighted by atomic mass is 16.6. The number of hydrogen-bond acceptors (Lipinski definition) is 3. The van der Waals surface area contributed by atoms with Gasteiger partial charge >= 0.3 is 0 Å².